The van der Waals surface area contributed by atoms with Crippen LogP contribution in [0.25, 0.3) is 0 Å². The van der Waals surface area contributed by atoms with Crippen LogP contribution in [0.15, 0.2) is 0 Å². The lowest BCUT2D eigenvalue weighted by Gasteiger charge is -2.33. The molecule has 0 aromatic carbocycles. The number of rotatable bonds is 1. The van der Waals surface area contributed by atoms with E-state index >= 15 is 0 Å². The van der Waals surface area contributed by atoms with Crippen molar-refractivity contribution < 1.29 is 13.6 Å². The van der Waals surface area contributed by atoms with Crippen LogP contribution in [0.5, 0.6) is 0 Å². The van der Waals surface area contributed by atoms with E-state index in [0.29, 0.717) is 13.0 Å². The van der Waals surface area contributed by atoms with Crippen molar-refractivity contribution in [3.63, 3.8) is 0 Å². The number of carbonyl (C=O) groups excluding carboxylic acids is 1. The van der Waals surface area contributed by atoms with Gasteiger partial charge in [-0.15, -0.1) is 11.6 Å². The number of amides is 1. The molecule has 0 aliphatic carbocycles. The van der Waals surface area contributed by atoms with E-state index in [9.17, 15) is 13.6 Å². The molecule has 5 heteroatoms. The van der Waals surface area contributed by atoms with E-state index in [2.05, 4.69) is 0 Å². The first-order valence-corrected chi connectivity index (χ1v) is 4.67. The van der Waals surface area contributed by atoms with Crippen molar-refractivity contribution in [2.45, 2.75) is 31.1 Å². The van der Waals surface area contributed by atoms with Gasteiger partial charge in [0.05, 0.1) is 6.54 Å². The van der Waals surface area contributed by atoms with Crippen molar-refractivity contribution in [3.05, 3.63) is 0 Å². The van der Waals surface area contributed by atoms with Gasteiger partial charge in [-0.2, -0.15) is 0 Å². The zero-order valence-corrected chi connectivity index (χ0v) is 8.15. The smallest absolute Gasteiger partial charge is 0.265 e. The predicted octanol–water partition coefficient (Wildman–Crippen LogP) is 1.87. The Labute approximate surface area is 80.8 Å². The van der Waals surface area contributed by atoms with Gasteiger partial charge in [-0.1, -0.05) is 0 Å². The van der Waals surface area contributed by atoms with Gasteiger partial charge in [-0.05, 0) is 13.3 Å². The topological polar surface area (TPSA) is 20.3 Å². The Bertz CT molecular complexity index is 208. The third-order valence-electron chi connectivity index (χ3n) is 2.04. The monoisotopic (exact) mass is 211 g/mol. The van der Waals surface area contributed by atoms with Crippen molar-refractivity contribution in [2.24, 2.45) is 0 Å². The number of carbonyl (C=O) groups is 1. The van der Waals surface area contributed by atoms with E-state index in [-0.39, 0.29) is 6.42 Å². The Morgan fingerprint density at radius 3 is 2.69 bits per heavy atom. The molecule has 2 nitrogen and oxygen atoms in total. The van der Waals surface area contributed by atoms with E-state index < -0.39 is 23.8 Å². The van der Waals surface area contributed by atoms with E-state index in [1.807, 2.05) is 0 Å². The SMILES string of the molecule is C[C@@H](Cl)C(=O)N1CCCC(F)(F)C1. The van der Waals surface area contributed by atoms with E-state index in [0.717, 1.165) is 4.90 Å². The van der Waals surface area contributed by atoms with E-state index in [1.54, 1.807) is 0 Å². The Hall–Kier alpha value is -0.380. The minimum Gasteiger partial charge on any atom is -0.335 e. The van der Waals surface area contributed by atoms with Crippen molar-refractivity contribution in [3.8, 4) is 0 Å². The van der Waals surface area contributed by atoms with Gasteiger partial charge < -0.3 is 4.90 Å². The van der Waals surface area contributed by atoms with Crippen molar-refractivity contribution >= 4 is 17.5 Å². The van der Waals surface area contributed by atoms with Crippen LogP contribution < -0.4 is 0 Å². The number of halogens is 3. The Morgan fingerprint density at radius 2 is 2.23 bits per heavy atom. The lowest BCUT2D eigenvalue weighted by Crippen LogP contribution is -2.47. The number of nitrogens with zero attached hydrogens (tertiary/aromatic N) is 1. The molecule has 0 bridgehead atoms. The maximum atomic E-state index is 12.8. The number of likely N-dealkylation sites (tertiary alicyclic amines) is 1. The molecule has 1 aliphatic heterocycles. The molecule has 1 amide bonds. The van der Waals surface area contributed by atoms with Gasteiger partial charge in [0.25, 0.3) is 5.92 Å². The molecule has 76 valence electrons. The summed E-state index contributed by atoms with van der Waals surface area (Å²) in [5.74, 6) is -3.14. The Morgan fingerprint density at radius 1 is 1.62 bits per heavy atom. The fourth-order valence-electron chi connectivity index (χ4n) is 1.41. The molecule has 0 radical (unpaired) electrons. The second kappa shape index (κ2) is 3.78. The van der Waals surface area contributed by atoms with Gasteiger partial charge in [0.1, 0.15) is 5.38 Å². The van der Waals surface area contributed by atoms with Crippen LogP contribution >= 0.6 is 11.6 Å². The van der Waals surface area contributed by atoms with Crippen LogP contribution in [-0.4, -0.2) is 35.2 Å². The molecule has 1 rings (SSSR count). The fraction of sp³-hybridized carbons (Fsp3) is 0.875. The predicted molar refractivity (Wildman–Crippen MR) is 46.1 cm³/mol. The van der Waals surface area contributed by atoms with E-state index in [1.165, 1.54) is 6.92 Å². The summed E-state index contributed by atoms with van der Waals surface area (Å²) in [6.07, 6.45) is 0.218. The zero-order chi connectivity index (χ0) is 10.1. The largest absolute Gasteiger partial charge is 0.335 e. The van der Waals surface area contributed by atoms with Crippen LogP contribution in [0.2, 0.25) is 0 Å². The highest BCUT2D eigenvalue weighted by Gasteiger charge is 2.37. The molecule has 0 spiro atoms. The lowest BCUT2D eigenvalue weighted by molar-refractivity contribution is -0.140. The van der Waals surface area contributed by atoms with Crippen LogP contribution in [0.4, 0.5) is 8.78 Å². The summed E-state index contributed by atoms with van der Waals surface area (Å²) in [4.78, 5) is 12.4. The van der Waals surface area contributed by atoms with Gasteiger partial charge >= 0.3 is 0 Å². The minimum atomic E-state index is -2.74. The standard InChI is InChI=1S/C8H12ClF2NO/c1-6(9)7(13)12-4-2-3-8(10,11)5-12/h6H,2-5H2,1H3/t6-/m1/s1. The molecule has 0 aromatic heterocycles. The number of hydrogen-bond acceptors (Lipinski definition) is 1. The number of alkyl halides is 3. The normalized spacial score (nSPS) is 24.2. The summed E-state index contributed by atoms with van der Waals surface area (Å²) in [7, 11) is 0. The van der Waals surface area contributed by atoms with Crippen LogP contribution in [0.3, 0.4) is 0 Å². The first-order valence-electron chi connectivity index (χ1n) is 4.23. The first kappa shape index (κ1) is 10.7. The third-order valence-corrected chi connectivity index (χ3v) is 2.23. The number of piperidine rings is 1. The van der Waals surface area contributed by atoms with Crippen molar-refractivity contribution in [1.29, 1.82) is 0 Å². The van der Waals surface area contributed by atoms with Gasteiger partial charge in [-0.25, -0.2) is 8.78 Å². The van der Waals surface area contributed by atoms with Crippen molar-refractivity contribution in [2.75, 3.05) is 13.1 Å². The molecule has 1 atom stereocenters. The molecule has 1 heterocycles. The molecule has 0 aromatic rings. The third kappa shape index (κ3) is 2.79. The molecule has 0 N–H and O–H groups in total. The second-order valence-corrected chi connectivity index (χ2v) is 3.99. The van der Waals surface area contributed by atoms with Gasteiger partial charge in [-0.3, -0.25) is 4.79 Å². The first-order chi connectivity index (χ1) is 5.92. The summed E-state index contributed by atoms with van der Waals surface area (Å²) in [5.41, 5.74) is 0. The Kier molecular flexibility index (Phi) is 3.11. The maximum absolute atomic E-state index is 12.8. The highest BCUT2D eigenvalue weighted by molar-refractivity contribution is 6.30. The number of hydrogen-bond donors (Lipinski definition) is 0. The van der Waals surface area contributed by atoms with Gasteiger partial charge in [0, 0.05) is 13.0 Å². The molecule has 1 saturated heterocycles. The van der Waals surface area contributed by atoms with Gasteiger partial charge in [0.2, 0.25) is 5.91 Å². The maximum Gasteiger partial charge on any atom is 0.265 e. The fourth-order valence-corrected chi connectivity index (χ4v) is 1.54. The zero-order valence-electron chi connectivity index (χ0n) is 7.40. The summed E-state index contributed by atoms with van der Waals surface area (Å²) in [6, 6.07) is 0. The molecule has 0 saturated carbocycles. The van der Waals surface area contributed by atoms with Crippen LogP contribution in [0, 0.1) is 0 Å². The molecule has 1 aliphatic rings. The van der Waals surface area contributed by atoms with E-state index in [4.69, 9.17) is 11.6 Å². The highest BCUT2D eigenvalue weighted by Crippen LogP contribution is 2.27. The van der Waals surface area contributed by atoms with Crippen LogP contribution in [-0.2, 0) is 4.79 Å². The lowest BCUT2D eigenvalue weighted by atomic mass is 10.1. The second-order valence-electron chi connectivity index (χ2n) is 3.34. The molecular weight excluding hydrogens is 200 g/mol. The van der Waals surface area contributed by atoms with Gasteiger partial charge in [0.15, 0.2) is 0 Å². The Balaban J connectivity index is 2.57. The molecule has 1 fully saturated rings. The quantitative estimate of drug-likeness (QED) is 0.607. The summed E-state index contributed by atoms with van der Waals surface area (Å²) < 4.78 is 25.7. The molecular formula is C8H12ClF2NO. The summed E-state index contributed by atoms with van der Waals surface area (Å²) >= 11 is 5.52. The minimum absolute atomic E-state index is 0.132. The average molecular weight is 212 g/mol. The molecule has 0 unspecified atom stereocenters. The van der Waals surface area contributed by atoms with Crippen molar-refractivity contribution in [1.82, 2.24) is 4.90 Å². The average Bonchev–Trinajstić information content (AvgIpc) is 2.01. The highest BCUT2D eigenvalue weighted by atomic mass is 35.5. The van der Waals surface area contributed by atoms with Crippen LogP contribution in [0.1, 0.15) is 19.8 Å². The summed E-state index contributed by atoms with van der Waals surface area (Å²) in [5, 5.41) is -0.714. The summed E-state index contributed by atoms with van der Waals surface area (Å²) in [6.45, 7) is 1.41. The molecule has 13 heavy (non-hydrogen) atoms.